The Kier molecular flexibility index (Phi) is 4.97. The van der Waals surface area contributed by atoms with Crippen molar-refractivity contribution in [2.45, 2.75) is 12.8 Å². The number of ether oxygens (including phenoxy) is 2. The highest BCUT2D eigenvalue weighted by Crippen LogP contribution is 2.41. The molecule has 28 heavy (non-hydrogen) atoms. The number of carboxylic acid groups (broad SMARTS) is 1. The molecule has 0 fully saturated rings. The van der Waals surface area contributed by atoms with Gasteiger partial charge in [0.05, 0.1) is 20.1 Å². The lowest BCUT2D eigenvalue weighted by Gasteiger charge is -2.15. The van der Waals surface area contributed by atoms with Crippen molar-refractivity contribution in [2.75, 3.05) is 13.7 Å². The fourth-order valence-electron chi connectivity index (χ4n) is 3.65. The third kappa shape index (κ3) is 3.43. The zero-order chi connectivity index (χ0) is 19.7. The van der Waals surface area contributed by atoms with E-state index in [4.69, 9.17) is 21.1 Å². The molecule has 0 saturated heterocycles. The summed E-state index contributed by atoms with van der Waals surface area (Å²) in [4.78, 5) is 11.2. The summed E-state index contributed by atoms with van der Waals surface area (Å²) in [5.41, 5.74) is 5.57. The van der Waals surface area contributed by atoms with Crippen LogP contribution in [0.25, 0.3) is 22.3 Å². The van der Waals surface area contributed by atoms with Crippen molar-refractivity contribution in [1.82, 2.24) is 0 Å². The Labute approximate surface area is 168 Å². The summed E-state index contributed by atoms with van der Waals surface area (Å²) < 4.78 is 10.9. The van der Waals surface area contributed by atoms with E-state index in [-0.39, 0.29) is 6.42 Å². The fraction of sp³-hybridized carbons (Fsp3) is 0.174. The predicted molar refractivity (Wildman–Crippen MR) is 109 cm³/mol. The molecule has 0 bridgehead atoms. The molecule has 0 amide bonds. The summed E-state index contributed by atoms with van der Waals surface area (Å²) in [6.45, 7) is 0.700. The van der Waals surface area contributed by atoms with Crippen molar-refractivity contribution in [3.05, 3.63) is 70.7 Å². The van der Waals surface area contributed by atoms with Crippen LogP contribution in [0.15, 0.2) is 54.6 Å². The van der Waals surface area contributed by atoms with E-state index >= 15 is 0 Å². The van der Waals surface area contributed by atoms with Gasteiger partial charge in [-0.2, -0.15) is 0 Å². The Morgan fingerprint density at radius 1 is 1.14 bits per heavy atom. The number of aliphatic carboxylic acids is 1. The summed E-state index contributed by atoms with van der Waals surface area (Å²) in [7, 11) is 1.54. The monoisotopic (exact) mass is 394 g/mol. The number of methoxy groups -OCH3 is 1. The molecule has 0 spiro atoms. The maximum Gasteiger partial charge on any atom is 0.307 e. The molecule has 1 aliphatic heterocycles. The van der Waals surface area contributed by atoms with E-state index in [0.717, 1.165) is 34.4 Å². The predicted octanol–water partition coefficient (Wildman–Crippen LogP) is 5.24. The second kappa shape index (κ2) is 7.56. The van der Waals surface area contributed by atoms with Crippen LogP contribution in [0.1, 0.15) is 11.1 Å². The lowest BCUT2D eigenvalue weighted by atomic mass is 9.92. The molecule has 3 aromatic rings. The standard InChI is InChI=1S/C23H19ClO4/c1-27-20-7-5-14(11-17(20)13-22(25)26)18-3-2-4-19(24)23(18)16-6-8-21-15(12-16)9-10-28-21/h2-8,11-12H,9-10,13H2,1H3,(H,25,26). The van der Waals surface area contributed by atoms with E-state index < -0.39 is 5.97 Å². The highest BCUT2D eigenvalue weighted by Gasteiger charge is 2.18. The quantitative estimate of drug-likeness (QED) is 0.642. The number of hydrogen-bond acceptors (Lipinski definition) is 3. The maximum atomic E-state index is 11.2. The molecule has 3 aromatic carbocycles. The van der Waals surface area contributed by atoms with Crippen LogP contribution >= 0.6 is 11.6 Å². The molecule has 1 aliphatic rings. The van der Waals surface area contributed by atoms with Gasteiger partial charge in [0, 0.05) is 22.6 Å². The first kappa shape index (κ1) is 18.4. The summed E-state index contributed by atoms with van der Waals surface area (Å²) in [5.74, 6) is 0.579. The van der Waals surface area contributed by atoms with Crippen molar-refractivity contribution in [3.63, 3.8) is 0 Å². The van der Waals surface area contributed by atoms with Gasteiger partial charge in [-0.3, -0.25) is 4.79 Å². The van der Waals surface area contributed by atoms with Crippen molar-refractivity contribution in [1.29, 1.82) is 0 Å². The normalized spacial score (nSPS) is 12.4. The maximum absolute atomic E-state index is 11.2. The minimum absolute atomic E-state index is 0.108. The molecule has 0 unspecified atom stereocenters. The van der Waals surface area contributed by atoms with Gasteiger partial charge < -0.3 is 14.6 Å². The first-order valence-electron chi connectivity index (χ1n) is 9.00. The molecular formula is C23H19ClO4. The topological polar surface area (TPSA) is 55.8 Å². The highest BCUT2D eigenvalue weighted by molar-refractivity contribution is 6.34. The van der Waals surface area contributed by atoms with Gasteiger partial charge in [-0.1, -0.05) is 35.9 Å². The third-order valence-electron chi connectivity index (χ3n) is 4.92. The number of carboxylic acids is 1. The molecule has 1 N–H and O–H groups in total. The smallest absolute Gasteiger partial charge is 0.307 e. The van der Waals surface area contributed by atoms with Gasteiger partial charge in [0.25, 0.3) is 0 Å². The first-order chi connectivity index (χ1) is 13.6. The van der Waals surface area contributed by atoms with E-state index in [1.54, 1.807) is 6.07 Å². The van der Waals surface area contributed by atoms with Crippen LogP contribution in [-0.2, 0) is 17.6 Å². The zero-order valence-corrected chi connectivity index (χ0v) is 16.1. The Bertz CT molecular complexity index is 1060. The number of carbonyl (C=O) groups is 1. The second-order valence-corrected chi connectivity index (χ2v) is 7.09. The van der Waals surface area contributed by atoms with E-state index in [1.165, 1.54) is 12.7 Å². The van der Waals surface area contributed by atoms with Crippen molar-refractivity contribution >= 4 is 17.6 Å². The van der Waals surface area contributed by atoms with Crippen molar-refractivity contribution in [3.8, 4) is 33.8 Å². The largest absolute Gasteiger partial charge is 0.496 e. The van der Waals surface area contributed by atoms with Crippen LogP contribution < -0.4 is 9.47 Å². The average molecular weight is 395 g/mol. The number of benzene rings is 3. The van der Waals surface area contributed by atoms with Gasteiger partial charge in [-0.15, -0.1) is 0 Å². The van der Waals surface area contributed by atoms with E-state index in [9.17, 15) is 9.90 Å². The Morgan fingerprint density at radius 3 is 2.75 bits per heavy atom. The van der Waals surface area contributed by atoms with Crippen LogP contribution in [0.4, 0.5) is 0 Å². The fourth-order valence-corrected chi connectivity index (χ4v) is 3.93. The van der Waals surface area contributed by atoms with Crippen LogP contribution in [0.5, 0.6) is 11.5 Å². The number of rotatable bonds is 5. The molecule has 0 aromatic heterocycles. The first-order valence-corrected chi connectivity index (χ1v) is 9.38. The Balaban J connectivity index is 1.86. The molecule has 0 saturated carbocycles. The molecule has 4 nitrogen and oxygen atoms in total. The van der Waals surface area contributed by atoms with Gasteiger partial charge in [0.2, 0.25) is 0 Å². The average Bonchev–Trinajstić information content (AvgIpc) is 3.15. The van der Waals surface area contributed by atoms with Crippen LogP contribution in [0.3, 0.4) is 0 Å². The Morgan fingerprint density at radius 2 is 1.96 bits per heavy atom. The third-order valence-corrected chi connectivity index (χ3v) is 5.24. The molecule has 0 atom stereocenters. The zero-order valence-electron chi connectivity index (χ0n) is 15.4. The molecule has 142 valence electrons. The molecule has 0 radical (unpaired) electrons. The van der Waals surface area contributed by atoms with E-state index in [0.29, 0.717) is 22.9 Å². The Hall–Kier alpha value is -2.98. The summed E-state index contributed by atoms with van der Waals surface area (Å²) in [6.07, 6.45) is 0.775. The highest BCUT2D eigenvalue weighted by atomic mass is 35.5. The number of fused-ring (bicyclic) bond motifs is 1. The lowest BCUT2D eigenvalue weighted by molar-refractivity contribution is -0.136. The molecule has 1 heterocycles. The van der Waals surface area contributed by atoms with Crippen LogP contribution in [0.2, 0.25) is 5.02 Å². The minimum atomic E-state index is -0.902. The number of halogens is 1. The van der Waals surface area contributed by atoms with E-state index in [2.05, 4.69) is 6.07 Å². The van der Waals surface area contributed by atoms with Crippen LogP contribution in [-0.4, -0.2) is 24.8 Å². The van der Waals surface area contributed by atoms with E-state index in [1.807, 2.05) is 42.5 Å². The van der Waals surface area contributed by atoms with Crippen LogP contribution in [0, 0.1) is 0 Å². The second-order valence-electron chi connectivity index (χ2n) is 6.68. The SMILES string of the molecule is COc1ccc(-c2cccc(Cl)c2-c2ccc3c(c2)CCO3)cc1CC(=O)O. The van der Waals surface area contributed by atoms with Crippen molar-refractivity contribution in [2.24, 2.45) is 0 Å². The molecule has 4 rings (SSSR count). The summed E-state index contributed by atoms with van der Waals surface area (Å²) in [5, 5.41) is 9.87. The van der Waals surface area contributed by atoms with Gasteiger partial charge in [0.15, 0.2) is 0 Å². The van der Waals surface area contributed by atoms with Gasteiger partial charge in [-0.05, 0) is 52.6 Å². The lowest BCUT2D eigenvalue weighted by Crippen LogP contribution is -2.02. The van der Waals surface area contributed by atoms with Gasteiger partial charge in [0.1, 0.15) is 11.5 Å². The number of hydrogen-bond donors (Lipinski definition) is 1. The van der Waals surface area contributed by atoms with Gasteiger partial charge >= 0.3 is 5.97 Å². The molecule has 0 aliphatic carbocycles. The molecule has 5 heteroatoms. The van der Waals surface area contributed by atoms with Gasteiger partial charge in [-0.25, -0.2) is 0 Å². The molecular weight excluding hydrogens is 376 g/mol. The minimum Gasteiger partial charge on any atom is -0.496 e. The summed E-state index contributed by atoms with van der Waals surface area (Å²) >= 11 is 6.60. The van der Waals surface area contributed by atoms with Crippen molar-refractivity contribution < 1.29 is 19.4 Å². The summed E-state index contributed by atoms with van der Waals surface area (Å²) in [6, 6.07) is 17.5.